The van der Waals surface area contributed by atoms with Crippen molar-refractivity contribution in [1.82, 2.24) is 4.72 Å². The third-order valence-corrected chi connectivity index (χ3v) is 4.85. The fourth-order valence-electron chi connectivity index (χ4n) is 2.16. The minimum atomic E-state index is -3.63. The summed E-state index contributed by atoms with van der Waals surface area (Å²) in [5.41, 5.74) is 0.789. The number of carbonyl (C=O) groups excluding carboxylic acids is 1. The van der Waals surface area contributed by atoms with Crippen LogP contribution in [0.5, 0.6) is 5.75 Å². The number of amides is 1. The Labute approximate surface area is 148 Å². The van der Waals surface area contributed by atoms with E-state index in [0.717, 1.165) is 0 Å². The Kier molecular flexibility index (Phi) is 6.55. The van der Waals surface area contributed by atoms with Crippen molar-refractivity contribution in [3.05, 3.63) is 54.1 Å². The van der Waals surface area contributed by atoms with Gasteiger partial charge in [0.05, 0.1) is 17.2 Å². The number of carbonyl (C=O) groups is 1. The molecule has 2 aromatic rings. The number of hydrogen-bond donors (Lipinski definition) is 2. The van der Waals surface area contributed by atoms with E-state index in [4.69, 9.17) is 4.74 Å². The van der Waals surface area contributed by atoms with Crippen LogP contribution in [0.2, 0.25) is 0 Å². The van der Waals surface area contributed by atoms with Gasteiger partial charge in [0, 0.05) is 12.1 Å². The number of nitrogens with one attached hydrogen (secondary N) is 2. The molecule has 1 amide bonds. The average molecular weight is 362 g/mol. The molecule has 0 saturated heterocycles. The van der Waals surface area contributed by atoms with Crippen LogP contribution in [-0.2, 0) is 10.0 Å². The van der Waals surface area contributed by atoms with Crippen molar-refractivity contribution in [1.29, 1.82) is 0 Å². The fourth-order valence-corrected chi connectivity index (χ4v) is 3.32. The minimum absolute atomic E-state index is 0.0766. The first-order chi connectivity index (χ1) is 12.0. The van der Waals surface area contributed by atoms with Crippen molar-refractivity contribution in [2.24, 2.45) is 0 Å². The third kappa shape index (κ3) is 5.04. The standard InChI is InChI=1S/C18H22N2O4S/c1-3-12-19-25(22,23)15-10-11-17(24-4-2)16(13-15)20-18(21)14-8-6-5-7-9-14/h5-11,13,19H,3-4,12H2,1-2H3,(H,20,21). The predicted molar refractivity (Wildman–Crippen MR) is 97.5 cm³/mol. The van der Waals surface area contributed by atoms with Gasteiger partial charge in [-0.25, -0.2) is 13.1 Å². The largest absolute Gasteiger partial charge is 0.492 e. The highest BCUT2D eigenvalue weighted by Crippen LogP contribution is 2.28. The quantitative estimate of drug-likeness (QED) is 0.756. The van der Waals surface area contributed by atoms with Gasteiger partial charge in [0.25, 0.3) is 5.91 Å². The molecule has 7 heteroatoms. The highest BCUT2D eigenvalue weighted by molar-refractivity contribution is 7.89. The summed E-state index contributed by atoms with van der Waals surface area (Å²) in [7, 11) is -3.63. The molecule has 0 unspecified atom stereocenters. The Morgan fingerprint density at radius 2 is 1.80 bits per heavy atom. The summed E-state index contributed by atoms with van der Waals surface area (Å²) in [5, 5.41) is 2.72. The van der Waals surface area contributed by atoms with Gasteiger partial charge in [-0.1, -0.05) is 25.1 Å². The zero-order chi connectivity index (χ0) is 18.3. The Balaban J connectivity index is 2.33. The zero-order valence-corrected chi connectivity index (χ0v) is 15.1. The van der Waals surface area contributed by atoms with Crippen LogP contribution in [-0.4, -0.2) is 27.5 Å². The van der Waals surface area contributed by atoms with Crippen molar-refractivity contribution >= 4 is 21.6 Å². The minimum Gasteiger partial charge on any atom is -0.492 e. The van der Waals surface area contributed by atoms with Crippen LogP contribution in [0.25, 0.3) is 0 Å². The first kappa shape index (κ1) is 19.0. The molecular formula is C18H22N2O4S. The molecule has 0 aromatic heterocycles. The van der Waals surface area contributed by atoms with Gasteiger partial charge in [0.15, 0.2) is 0 Å². The van der Waals surface area contributed by atoms with E-state index in [2.05, 4.69) is 10.0 Å². The molecule has 0 aliphatic heterocycles. The molecule has 2 N–H and O–H groups in total. The molecule has 0 fully saturated rings. The van der Waals surface area contributed by atoms with Gasteiger partial charge >= 0.3 is 0 Å². The van der Waals surface area contributed by atoms with Crippen molar-refractivity contribution in [2.45, 2.75) is 25.2 Å². The molecule has 134 valence electrons. The van der Waals surface area contributed by atoms with Gasteiger partial charge in [-0.2, -0.15) is 0 Å². The lowest BCUT2D eigenvalue weighted by atomic mass is 10.2. The summed E-state index contributed by atoms with van der Waals surface area (Å²) in [6, 6.07) is 13.1. The smallest absolute Gasteiger partial charge is 0.255 e. The lowest BCUT2D eigenvalue weighted by molar-refractivity contribution is 0.102. The summed E-state index contributed by atoms with van der Waals surface area (Å²) < 4.78 is 32.6. The number of ether oxygens (including phenoxy) is 1. The third-order valence-electron chi connectivity index (χ3n) is 3.39. The van der Waals surface area contributed by atoms with Gasteiger partial charge in [-0.15, -0.1) is 0 Å². The van der Waals surface area contributed by atoms with E-state index < -0.39 is 10.0 Å². The SMILES string of the molecule is CCCNS(=O)(=O)c1ccc(OCC)c(NC(=O)c2ccccc2)c1. The summed E-state index contributed by atoms with van der Waals surface area (Å²) in [5.74, 6) is 0.0823. The fraction of sp³-hybridized carbons (Fsp3) is 0.278. The van der Waals surface area contributed by atoms with Crippen LogP contribution < -0.4 is 14.8 Å². The number of hydrogen-bond acceptors (Lipinski definition) is 4. The number of sulfonamides is 1. The second-order valence-corrected chi connectivity index (χ2v) is 7.08. The molecule has 2 rings (SSSR count). The molecular weight excluding hydrogens is 340 g/mol. The van der Waals surface area contributed by atoms with Crippen molar-refractivity contribution < 1.29 is 17.9 Å². The maximum atomic E-state index is 12.4. The van der Waals surface area contributed by atoms with E-state index in [1.165, 1.54) is 12.1 Å². The number of rotatable bonds is 8. The average Bonchev–Trinajstić information content (AvgIpc) is 2.62. The molecule has 0 saturated carbocycles. The predicted octanol–water partition coefficient (Wildman–Crippen LogP) is 3.03. The number of benzene rings is 2. The topological polar surface area (TPSA) is 84.5 Å². The van der Waals surface area contributed by atoms with Crippen LogP contribution >= 0.6 is 0 Å². The second kappa shape index (κ2) is 8.64. The van der Waals surface area contributed by atoms with Gasteiger partial charge in [-0.3, -0.25) is 4.79 Å². The summed E-state index contributed by atoms with van der Waals surface area (Å²) in [6.45, 7) is 4.44. The van der Waals surface area contributed by atoms with Crippen LogP contribution in [0.3, 0.4) is 0 Å². The van der Waals surface area contributed by atoms with E-state index in [1.54, 1.807) is 30.3 Å². The Bertz CT molecular complexity index is 820. The normalized spacial score (nSPS) is 11.1. The highest BCUT2D eigenvalue weighted by atomic mass is 32.2. The number of anilines is 1. The molecule has 0 atom stereocenters. The first-order valence-electron chi connectivity index (χ1n) is 8.10. The van der Waals surface area contributed by atoms with E-state index in [9.17, 15) is 13.2 Å². The van der Waals surface area contributed by atoms with Gasteiger partial charge in [0.2, 0.25) is 10.0 Å². The molecule has 0 radical (unpaired) electrons. The molecule has 0 aliphatic rings. The summed E-state index contributed by atoms with van der Waals surface area (Å²) in [4.78, 5) is 12.4. The van der Waals surface area contributed by atoms with Crippen molar-refractivity contribution in [2.75, 3.05) is 18.5 Å². The van der Waals surface area contributed by atoms with Crippen molar-refractivity contribution in [3.8, 4) is 5.75 Å². The van der Waals surface area contributed by atoms with Crippen LogP contribution in [0, 0.1) is 0 Å². The molecule has 6 nitrogen and oxygen atoms in total. The molecule has 0 aliphatic carbocycles. The van der Waals surface area contributed by atoms with Gasteiger partial charge in [-0.05, 0) is 43.7 Å². The van der Waals surface area contributed by atoms with Crippen LogP contribution in [0.15, 0.2) is 53.4 Å². The molecule has 0 heterocycles. The van der Waals surface area contributed by atoms with Gasteiger partial charge < -0.3 is 10.1 Å². The van der Waals surface area contributed by atoms with Crippen LogP contribution in [0.4, 0.5) is 5.69 Å². The highest BCUT2D eigenvalue weighted by Gasteiger charge is 2.17. The lowest BCUT2D eigenvalue weighted by Gasteiger charge is -2.14. The van der Waals surface area contributed by atoms with Crippen molar-refractivity contribution in [3.63, 3.8) is 0 Å². The Morgan fingerprint density at radius 1 is 1.08 bits per heavy atom. The monoisotopic (exact) mass is 362 g/mol. The lowest BCUT2D eigenvalue weighted by Crippen LogP contribution is -2.24. The zero-order valence-electron chi connectivity index (χ0n) is 14.3. The van der Waals surface area contributed by atoms with E-state index in [0.29, 0.717) is 36.6 Å². The first-order valence-corrected chi connectivity index (χ1v) is 9.59. The second-order valence-electron chi connectivity index (χ2n) is 5.31. The molecule has 2 aromatic carbocycles. The van der Waals surface area contributed by atoms with E-state index >= 15 is 0 Å². The Hall–Kier alpha value is -2.38. The summed E-state index contributed by atoms with van der Waals surface area (Å²) in [6.07, 6.45) is 0.688. The Morgan fingerprint density at radius 3 is 2.44 bits per heavy atom. The van der Waals surface area contributed by atoms with E-state index in [-0.39, 0.29) is 10.8 Å². The molecule has 25 heavy (non-hydrogen) atoms. The summed E-state index contributed by atoms with van der Waals surface area (Å²) >= 11 is 0. The maximum Gasteiger partial charge on any atom is 0.255 e. The van der Waals surface area contributed by atoms with Gasteiger partial charge in [0.1, 0.15) is 5.75 Å². The maximum absolute atomic E-state index is 12.4. The van der Waals surface area contributed by atoms with Crippen LogP contribution in [0.1, 0.15) is 30.6 Å². The van der Waals surface area contributed by atoms with E-state index in [1.807, 2.05) is 19.9 Å². The molecule has 0 bridgehead atoms. The molecule has 0 spiro atoms.